The molecule has 0 fully saturated rings. The number of nitrogens with one attached hydrogen (secondary N) is 2. The van der Waals surface area contributed by atoms with E-state index in [0.29, 0.717) is 16.6 Å². The molecule has 0 aliphatic rings. The molecule has 0 aromatic heterocycles. The highest BCUT2D eigenvalue weighted by Crippen LogP contribution is 2.11. The molecule has 0 aliphatic carbocycles. The Hall–Kier alpha value is -1.62. The van der Waals surface area contributed by atoms with Crippen LogP contribution >= 0.6 is 12.2 Å². The number of carbonyl (C=O) groups excluding carboxylic acids is 1. The van der Waals surface area contributed by atoms with Gasteiger partial charge in [-0.3, -0.25) is 0 Å². The summed E-state index contributed by atoms with van der Waals surface area (Å²) in [5.41, 5.74) is 1.37. The molecule has 0 amide bonds. The van der Waals surface area contributed by atoms with Crippen LogP contribution in [0.5, 0.6) is 0 Å². The number of hydrogen-bond acceptors (Lipinski definition) is 3. The molecule has 0 aliphatic heterocycles. The maximum atomic E-state index is 11.7. The van der Waals surface area contributed by atoms with Crippen LogP contribution in [0, 0.1) is 5.92 Å². The van der Waals surface area contributed by atoms with E-state index < -0.39 is 0 Å². The molecule has 0 unspecified atom stereocenters. The minimum Gasteiger partial charge on any atom is -0.459 e. The molecule has 110 valence electrons. The third-order valence-corrected chi connectivity index (χ3v) is 2.64. The molecule has 0 radical (unpaired) electrons. The van der Waals surface area contributed by atoms with Gasteiger partial charge in [-0.15, -0.1) is 0 Å². The minimum atomic E-state index is -0.313. The normalized spacial score (nSPS) is 10.5. The molecular formula is C15H22N2O2S. The van der Waals surface area contributed by atoms with Crippen LogP contribution in [0.4, 0.5) is 5.69 Å². The van der Waals surface area contributed by atoms with Crippen molar-refractivity contribution in [1.29, 1.82) is 0 Å². The lowest BCUT2D eigenvalue weighted by atomic mass is 10.2. The van der Waals surface area contributed by atoms with Gasteiger partial charge in [-0.2, -0.15) is 0 Å². The molecule has 0 atom stereocenters. The third-order valence-electron chi connectivity index (χ3n) is 2.39. The lowest BCUT2D eigenvalue weighted by Crippen LogP contribution is -2.31. The van der Waals surface area contributed by atoms with Crippen LogP contribution in [0.1, 0.15) is 38.1 Å². The van der Waals surface area contributed by atoms with Crippen LogP contribution in [-0.2, 0) is 4.74 Å². The summed E-state index contributed by atoms with van der Waals surface area (Å²) in [5, 5.41) is 6.77. The second-order valence-corrected chi connectivity index (χ2v) is 5.67. The van der Waals surface area contributed by atoms with E-state index in [1.165, 1.54) is 0 Å². The van der Waals surface area contributed by atoms with Crippen molar-refractivity contribution in [3.8, 4) is 0 Å². The van der Waals surface area contributed by atoms with Gasteiger partial charge in [-0.25, -0.2) is 4.79 Å². The molecule has 5 heteroatoms. The second kappa shape index (κ2) is 7.85. The highest BCUT2D eigenvalue weighted by Gasteiger charge is 2.08. The highest BCUT2D eigenvalue weighted by atomic mass is 32.1. The fraction of sp³-hybridized carbons (Fsp3) is 0.467. The van der Waals surface area contributed by atoms with Gasteiger partial charge in [0, 0.05) is 12.2 Å². The Balaban J connectivity index is 2.54. The molecule has 0 saturated carbocycles. The van der Waals surface area contributed by atoms with Crippen molar-refractivity contribution in [3.63, 3.8) is 0 Å². The standard InChI is InChI=1S/C15H22N2O2S/c1-10(2)9-16-15(20)17-13-7-5-12(6-8-13)14(18)19-11(3)4/h5-8,10-11H,9H2,1-4H3,(H2,16,17,20). The smallest absolute Gasteiger partial charge is 0.338 e. The first kappa shape index (κ1) is 16.4. The number of anilines is 1. The maximum absolute atomic E-state index is 11.7. The van der Waals surface area contributed by atoms with Gasteiger partial charge in [-0.1, -0.05) is 13.8 Å². The van der Waals surface area contributed by atoms with E-state index in [1.807, 2.05) is 13.8 Å². The summed E-state index contributed by atoms with van der Waals surface area (Å²) in [6, 6.07) is 7.05. The average Bonchev–Trinajstić information content (AvgIpc) is 2.36. The quantitative estimate of drug-likeness (QED) is 0.645. The maximum Gasteiger partial charge on any atom is 0.338 e. The van der Waals surface area contributed by atoms with E-state index in [4.69, 9.17) is 17.0 Å². The molecule has 2 N–H and O–H groups in total. The topological polar surface area (TPSA) is 50.4 Å². The molecule has 0 heterocycles. The van der Waals surface area contributed by atoms with Gasteiger partial charge in [0.1, 0.15) is 0 Å². The summed E-state index contributed by atoms with van der Waals surface area (Å²) in [5.74, 6) is 0.218. The first-order valence-electron chi connectivity index (χ1n) is 6.74. The Labute approximate surface area is 125 Å². The summed E-state index contributed by atoms with van der Waals surface area (Å²) in [6.07, 6.45) is -0.117. The minimum absolute atomic E-state index is 0.117. The zero-order valence-electron chi connectivity index (χ0n) is 12.4. The summed E-state index contributed by atoms with van der Waals surface area (Å²) in [7, 11) is 0. The van der Waals surface area contributed by atoms with Crippen LogP contribution in [0.2, 0.25) is 0 Å². The molecule has 0 spiro atoms. The number of rotatable bonds is 5. The Morgan fingerprint density at radius 2 is 1.80 bits per heavy atom. The second-order valence-electron chi connectivity index (χ2n) is 5.26. The summed E-state index contributed by atoms with van der Waals surface area (Å²) >= 11 is 5.18. The van der Waals surface area contributed by atoms with E-state index in [2.05, 4.69) is 24.5 Å². The SMILES string of the molecule is CC(C)CNC(=S)Nc1ccc(C(=O)OC(C)C)cc1. The van der Waals surface area contributed by atoms with Crippen LogP contribution in [-0.4, -0.2) is 23.7 Å². The van der Waals surface area contributed by atoms with Crippen LogP contribution < -0.4 is 10.6 Å². The Bertz CT molecular complexity index is 455. The Morgan fingerprint density at radius 1 is 1.20 bits per heavy atom. The molecule has 1 rings (SSSR count). The fourth-order valence-corrected chi connectivity index (χ4v) is 1.65. The number of esters is 1. The van der Waals surface area contributed by atoms with Crippen molar-refractivity contribution in [2.45, 2.75) is 33.8 Å². The van der Waals surface area contributed by atoms with Crippen LogP contribution in [0.25, 0.3) is 0 Å². The number of thiocarbonyl (C=S) groups is 1. The van der Waals surface area contributed by atoms with E-state index in [9.17, 15) is 4.79 Å². The Morgan fingerprint density at radius 3 is 2.30 bits per heavy atom. The van der Waals surface area contributed by atoms with Crippen molar-refractivity contribution in [1.82, 2.24) is 5.32 Å². The van der Waals surface area contributed by atoms with Crippen LogP contribution in [0.15, 0.2) is 24.3 Å². The molecular weight excluding hydrogens is 272 g/mol. The monoisotopic (exact) mass is 294 g/mol. The summed E-state index contributed by atoms with van der Waals surface area (Å²) in [6.45, 7) is 8.71. The van der Waals surface area contributed by atoms with Crippen molar-refractivity contribution in [2.24, 2.45) is 5.92 Å². The first-order chi connectivity index (χ1) is 9.38. The predicted octanol–water partition coefficient (Wildman–Crippen LogP) is 3.19. The van der Waals surface area contributed by atoms with Crippen molar-refractivity contribution in [3.05, 3.63) is 29.8 Å². The highest BCUT2D eigenvalue weighted by molar-refractivity contribution is 7.80. The van der Waals surface area contributed by atoms with Crippen molar-refractivity contribution >= 4 is 29.0 Å². The van der Waals surface area contributed by atoms with Gasteiger partial charge in [0.05, 0.1) is 11.7 Å². The Kier molecular flexibility index (Phi) is 6.45. The van der Waals surface area contributed by atoms with Gasteiger partial charge in [0.2, 0.25) is 0 Å². The van der Waals surface area contributed by atoms with E-state index in [-0.39, 0.29) is 12.1 Å². The largest absolute Gasteiger partial charge is 0.459 e. The lowest BCUT2D eigenvalue weighted by molar-refractivity contribution is 0.0378. The van der Waals surface area contributed by atoms with Gasteiger partial charge in [0.15, 0.2) is 5.11 Å². The average molecular weight is 294 g/mol. The molecule has 0 bridgehead atoms. The van der Waals surface area contributed by atoms with Gasteiger partial charge in [0.25, 0.3) is 0 Å². The number of ether oxygens (including phenoxy) is 1. The zero-order valence-corrected chi connectivity index (χ0v) is 13.2. The number of carbonyl (C=O) groups is 1. The first-order valence-corrected chi connectivity index (χ1v) is 7.15. The van der Waals surface area contributed by atoms with E-state index in [0.717, 1.165) is 12.2 Å². The molecule has 1 aromatic rings. The number of hydrogen-bond donors (Lipinski definition) is 2. The lowest BCUT2D eigenvalue weighted by Gasteiger charge is -2.12. The van der Waals surface area contributed by atoms with Gasteiger partial charge in [-0.05, 0) is 56.2 Å². The molecule has 4 nitrogen and oxygen atoms in total. The van der Waals surface area contributed by atoms with Gasteiger partial charge >= 0.3 is 5.97 Å². The fourth-order valence-electron chi connectivity index (χ4n) is 1.44. The predicted molar refractivity (Wildman–Crippen MR) is 86.1 cm³/mol. The van der Waals surface area contributed by atoms with E-state index in [1.54, 1.807) is 24.3 Å². The summed E-state index contributed by atoms with van der Waals surface area (Å²) < 4.78 is 5.12. The number of benzene rings is 1. The van der Waals surface area contributed by atoms with Crippen molar-refractivity contribution < 1.29 is 9.53 Å². The van der Waals surface area contributed by atoms with E-state index >= 15 is 0 Å². The van der Waals surface area contributed by atoms with Gasteiger partial charge < -0.3 is 15.4 Å². The van der Waals surface area contributed by atoms with Crippen LogP contribution in [0.3, 0.4) is 0 Å². The van der Waals surface area contributed by atoms with Crippen molar-refractivity contribution in [2.75, 3.05) is 11.9 Å². The molecule has 0 saturated heterocycles. The zero-order chi connectivity index (χ0) is 15.1. The molecule has 20 heavy (non-hydrogen) atoms. The summed E-state index contributed by atoms with van der Waals surface area (Å²) in [4.78, 5) is 11.7. The third kappa shape index (κ3) is 6.02. The molecule has 1 aromatic carbocycles.